The molecule has 0 saturated heterocycles. The number of methoxy groups -OCH3 is 2. The van der Waals surface area contributed by atoms with Crippen molar-refractivity contribution in [3.8, 4) is 11.4 Å². The fourth-order valence-electron chi connectivity index (χ4n) is 3.35. The molecule has 0 unspecified atom stereocenters. The number of thioether (sulfide) groups is 1. The molecule has 0 spiro atoms. The number of esters is 1. The summed E-state index contributed by atoms with van der Waals surface area (Å²) in [6, 6.07) is 12.8. The largest absolute Gasteiger partial charge is 0.497 e. The van der Waals surface area contributed by atoms with Crippen molar-refractivity contribution in [3.05, 3.63) is 59.9 Å². The van der Waals surface area contributed by atoms with Gasteiger partial charge in [-0.1, -0.05) is 11.8 Å². The average molecular weight is 424 g/mol. The van der Waals surface area contributed by atoms with Crippen LogP contribution in [-0.4, -0.2) is 53.2 Å². The third-order valence-electron chi connectivity index (χ3n) is 4.89. The summed E-state index contributed by atoms with van der Waals surface area (Å²) in [6.45, 7) is 0.588. The van der Waals surface area contributed by atoms with E-state index in [0.29, 0.717) is 23.7 Å². The first-order chi connectivity index (χ1) is 14.6. The number of hydrogen-bond acceptors (Lipinski definition) is 7. The van der Waals surface area contributed by atoms with Crippen LogP contribution in [0.2, 0.25) is 0 Å². The highest BCUT2D eigenvalue weighted by molar-refractivity contribution is 7.99. The Morgan fingerprint density at radius 3 is 2.67 bits per heavy atom. The SMILES string of the molecule is COC(=O)c1ccc2c(c1)CCN2C(=O)CSc1nncn1-c1ccc(OC)cc1. The molecule has 2 aromatic carbocycles. The van der Waals surface area contributed by atoms with E-state index < -0.39 is 0 Å². The number of amides is 1. The van der Waals surface area contributed by atoms with E-state index in [2.05, 4.69) is 10.2 Å². The molecule has 4 rings (SSSR count). The zero-order valence-electron chi connectivity index (χ0n) is 16.6. The Morgan fingerprint density at radius 1 is 1.13 bits per heavy atom. The van der Waals surface area contributed by atoms with Gasteiger partial charge in [-0.2, -0.15) is 0 Å². The highest BCUT2D eigenvalue weighted by Crippen LogP contribution is 2.30. The lowest BCUT2D eigenvalue weighted by atomic mass is 10.1. The van der Waals surface area contributed by atoms with Crippen molar-refractivity contribution in [2.45, 2.75) is 11.6 Å². The number of hydrogen-bond donors (Lipinski definition) is 0. The summed E-state index contributed by atoms with van der Waals surface area (Å²) < 4.78 is 11.8. The molecule has 1 aliphatic rings. The van der Waals surface area contributed by atoms with Crippen molar-refractivity contribution in [2.75, 3.05) is 31.4 Å². The zero-order valence-corrected chi connectivity index (χ0v) is 17.4. The fraction of sp³-hybridized carbons (Fsp3) is 0.238. The number of nitrogens with zero attached hydrogens (tertiary/aromatic N) is 4. The van der Waals surface area contributed by atoms with E-state index in [1.165, 1.54) is 18.9 Å². The topological polar surface area (TPSA) is 86.5 Å². The normalized spacial score (nSPS) is 12.5. The molecule has 3 aromatic rings. The van der Waals surface area contributed by atoms with Gasteiger partial charge in [0.1, 0.15) is 12.1 Å². The monoisotopic (exact) mass is 424 g/mol. The molecule has 0 saturated carbocycles. The smallest absolute Gasteiger partial charge is 0.337 e. The summed E-state index contributed by atoms with van der Waals surface area (Å²) in [5, 5.41) is 8.75. The first-order valence-electron chi connectivity index (χ1n) is 9.29. The van der Waals surface area contributed by atoms with E-state index in [0.717, 1.165) is 22.7 Å². The van der Waals surface area contributed by atoms with Gasteiger partial charge >= 0.3 is 5.97 Å². The van der Waals surface area contributed by atoms with Crippen LogP contribution in [0.3, 0.4) is 0 Å². The molecule has 0 atom stereocenters. The molecule has 154 valence electrons. The van der Waals surface area contributed by atoms with E-state index in [-0.39, 0.29) is 17.6 Å². The van der Waals surface area contributed by atoms with Crippen LogP contribution in [0.5, 0.6) is 5.75 Å². The minimum atomic E-state index is -0.379. The molecule has 9 heteroatoms. The lowest BCUT2D eigenvalue weighted by molar-refractivity contribution is -0.116. The summed E-state index contributed by atoms with van der Waals surface area (Å²) in [5.41, 5.74) is 3.19. The first kappa shape index (κ1) is 20.0. The second-order valence-electron chi connectivity index (χ2n) is 6.60. The van der Waals surface area contributed by atoms with Gasteiger partial charge in [0.05, 0.1) is 25.5 Å². The Kier molecular flexibility index (Phi) is 5.71. The van der Waals surface area contributed by atoms with E-state index in [9.17, 15) is 9.59 Å². The van der Waals surface area contributed by atoms with Crippen LogP contribution in [0.1, 0.15) is 15.9 Å². The second-order valence-corrected chi connectivity index (χ2v) is 7.54. The Bertz CT molecular complexity index is 1080. The van der Waals surface area contributed by atoms with Crippen LogP contribution < -0.4 is 9.64 Å². The van der Waals surface area contributed by atoms with Gasteiger partial charge in [-0.25, -0.2) is 4.79 Å². The Balaban J connectivity index is 1.44. The molecular weight excluding hydrogens is 404 g/mol. The number of benzene rings is 2. The second kappa shape index (κ2) is 8.58. The van der Waals surface area contributed by atoms with E-state index in [1.54, 1.807) is 36.5 Å². The quantitative estimate of drug-likeness (QED) is 0.444. The van der Waals surface area contributed by atoms with Gasteiger partial charge in [0.2, 0.25) is 5.91 Å². The molecule has 0 N–H and O–H groups in total. The maximum absolute atomic E-state index is 12.8. The van der Waals surface area contributed by atoms with Crippen molar-refractivity contribution in [1.29, 1.82) is 0 Å². The molecule has 2 heterocycles. The Labute approximate surface area is 177 Å². The van der Waals surface area contributed by atoms with Crippen LogP contribution >= 0.6 is 11.8 Å². The van der Waals surface area contributed by atoms with Crippen molar-refractivity contribution in [3.63, 3.8) is 0 Å². The van der Waals surface area contributed by atoms with E-state index in [4.69, 9.17) is 9.47 Å². The van der Waals surface area contributed by atoms with E-state index >= 15 is 0 Å². The number of aromatic nitrogens is 3. The molecule has 1 amide bonds. The van der Waals surface area contributed by atoms with Gasteiger partial charge in [0.15, 0.2) is 5.16 Å². The third-order valence-corrected chi connectivity index (χ3v) is 5.82. The van der Waals surface area contributed by atoms with Crippen molar-refractivity contribution in [1.82, 2.24) is 14.8 Å². The Hall–Kier alpha value is -3.33. The van der Waals surface area contributed by atoms with Crippen LogP contribution in [0.25, 0.3) is 5.69 Å². The van der Waals surface area contributed by atoms with Crippen LogP contribution in [0, 0.1) is 0 Å². The standard InChI is InChI=1S/C21H20N4O4S/c1-28-17-6-4-16(5-7-17)25-13-22-23-21(25)30-12-19(26)24-10-9-14-11-15(20(27)29-2)3-8-18(14)24/h3-8,11,13H,9-10,12H2,1-2H3. The van der Waals surface area contributed by atoms with Crippen molar-refractivity contribution >= 4 is 29.3 Å². The fourth-order valence-corrected chi connectivity index (χ4v) is 4.16. The molecule has 30 heavy (non-hydrogen) atoms. The lowest BCUT2D eigenvalue weighted by Gasteiger charge is -2.17. The molecule has 0 aliphatic carbocycles. The first-order valence-corrected chi connectivity index (χ1v) is 10.3. The molecule has 1 aromatic heterocycles. The summed E-state index contributed by atoms with van der Waals surface area (Å²) >= 11 is 1.33. The zero-order chi connectivity index (χ0) is 21.1. The molecule has 1 aliphatic heterocycles. The van der Waals surface area contributed by atoms with Crippen molar-refractivity contribution < 1.29 is 19.1 Å². The van der Waals surface area contributed by atoms with Gasteiger partial charge in [0, 0.05) is 17.9 Å². The van der Waals surface area contributed by atoms with Gasteiger partial charge in [-0.05, 0) is 54.4 Å². The average Bonchev–Trinajstić information content (AvgIpc) is 3.43. The highest BCUT2D eigenvalue weighted by Gasteiger charge is 2.26. The lowest BCUT2D eigenvalue weighted by Crippen LogP contribution is -2.30. The predicted octanol–water partition coefficient (Wildman–Crippen LogP) is 2.74. The number of carbonyl (C=O) groups is 2. The number of fused-ring (bicyclic) bond motifs is 1. The summed E-state index contributed by atoms with van der Waals surface area (Å²) in [6.07, 6.45) is 2.33. The van der Waals surface area contributed by atoms with Gasteiger partial charge < -0.3 is 14.4 Å². The number of carbonyl (C=O) groups excluding carboxylic acids is 2. The number of rotatable bonds is 6. The summed E-state index contributed by atoms with van der Waals surface area (Å²) in [7, 11) is 2.97. The molecular formula is C21H20N4O4S. The van der Waals surface area contributed by atoms with Gasteiger partial charge in [-0.3, -0.25) is 9.36 Å². The summed E-state index contributed by atoms with van der Waals surface area (Å²) in [4.78, 5) is 26.3. The number of anilines is 1. The van der Waals surface area contributed by atoms with Crippen molar-refractivity contribution in [2.24, 2.45) is 0 Å². The predicted molar refractivity (Wildman–Crippen MR) is 112 cm³/mol. The minimum absolute atomic E-state index is 0.0196. The van der Waals surface area contributed by atoms with Crippen LogP contribution in [-0.2, 0) is 16.0 Å². The molecule has 0 radical (unpaired) electrons. The molecule has 8 nitrogen and oxygen atoms in total. The maximum atomic E-state index is 12.8. The number of ether oxygens (including phenoxy) is 2. The van der Waals surface area contributed by atoms with Gasteiger partial charge in [0.25, 0.3) is 0 Å². The maximum Gasteiger partial charge on any atom is 0.337 e. The minimum Gasteiger partial charge on any atom is -0.497 e. The van der Waals surface area contributed by atoms with Gasteiger partial charge in [-0.15, -0.1) is 10.2 Å². The van der Waals surface area contributed by atoms with E-state index in [1.807, 2.05) is 28.8 Å². The highest BCUT2D eigenvalue weighted by atomic mass is 32.2. The molecule has 0 bridgehead atoms. The van der Waals surface area contributed by atoms with Crippen LogP contribution in [0.15, 0.2) is 53.9 Å². The third kappa shape index (κ3) is 3.88. The summed E-state index contributed by atoms with van der Waals surface area (Å²) in [5.74, 6) is 0.594. The van der Waals surface area contributed by atoms with Crippen LogP contribution in [0.4, 0.5) is 5.69 Å². The molecule has 0 fully saturated rings. The Morgan fingerprint density at radius 2 is 1.93 bits per heavy atom.